The minimum absolute atomic E-state index is 0.0375. The van der Waals surface area contributed by atoms with E-state index >= 15 is 0 Å². The monoisotopic (exact) mass is 367 g/mol. The summed E-state index contributed by atoms with van der Waals surface area (Å²) < 4.78 is 42.3. The van der Waals surface area contributed by atoms with Crippen molar-refractivity contribution < 1.29 is 22.3 Å². The van der Waals surface area contributed by atoms with Crippen molar-refractivity contribution in [1.82, 2.24) is 9.97 Å². The molecule has 0 atom stereocenters. The van der Waals surface area contributed by atoms with Crippen LogP contribution in [-0.2, 0) is 10.0 Å². The van der Waals surface area contributed by atoms with E-state index in [0.29, 0.717) is 5.69 Å². The molecule has 0 bridgehead atoms. The molecule has 7 nitrogen and oxygen atoms in total. The van der Waals surface area contributed by atoms with Gasteiger partial charge in [0, 0.05) is 13.2 Å². The van der Waals surface area contributed by atoms with E-state index in [9.17, 15) is 17.6 Å². The maximum Gasteiger partial charge on any atom is 0.346 e. The molecule has 0 spiro atoms. The molecule has 0 unspecified atom stereocenters. The van der Waals surface area contributed by atoms with Crippen LogP contribution in [0.25, 0.3) is 0 Å². The maximum absolute atomic E-state index is 12.9. The van der Waals surface area contributed by atoms with Gasteiger partial charge in [-0.05, 0) is 30.2 Å². The molecular formula is C16H18FN3O4S. The molecule has 0 N–H and O–H groups in total. The highest BCUT2D eigenvalue weighted by molar-refractivity contribution is 7.92. The Hall–Kier alpha value is -2.55. The van der Waals surface area contributed by atoms with Gasteiger partial charge in [-0.1, -0.05) is 13.8 Å². The lowest BCUT2D eigenvalue weighted by Crippen LogP contribution is -2.28. The average Bonchev–Trinajstić information content (AvgIpc) is 2.54. The Morgan fingerprint density at radius 3 is 2.36 bits per heavy atom. The number of ether oxygens (including phenoxy) is 1. The third-order valence-corrected chi connectivity index (χ3v) is 4.53. The fourth-order valence-electron chi connectivity index (χ4n) is 1.95. The summed E-state index contributed by atoms with van der Waals surface area (Å²) in [5.41, 5.74) is 0.470. The number of halogens is 1. The van der Waals surface area contributed by atoms with Gasteiger partial charge in [0.05, 0.1) is 11.9 Å². The molecular weight excluding hydrogens is 349 g/mol. The molecule has 0 fully saturated rings. The quantitative estimate of drug-likeness (QED) is 0.595. The zero-order valence-corrected chi connectivity index (χ0v) is 15.0. The average molecular weight is 367 g/mol. The summed E-state index contributed by atoms with van der Waals surface area (Å²) in [5.74, 6) is -1.18. The molecule has 2 rings (SSSR count). The summed E-state index contributed by atoms with van der Waals surface area (Å²) in [6.45, 7) is 3.61. The Morgan fingerprint density at radius 1 is 1.24 bits per heavy atom. The second-order valence-corrected chi connectivity index (χ2v) is 7.71. The molecule has 1 aromatic heterocycles. The smallest absolute Gasteiger partial charge is 0.346 e. The van der Waals surface area contributed by atoms with E-state index in [-0.39, 0.29) is 23.2 Å². The van der Waals surface area contributed by atoms with Gasteiger partial charge >= 0.3 is 5.97 Å². The number of nitrogens with zero attached hydrogens (tertiary/aromatic N) is 3. The molecule has 134 valence electrons. The second kappa shape index (κ2) is 7.14. The van der Waals surface area contributed by atoms with Crippen molar-refractivity contribution in [3.8, 4) is 5.75 Å². The highest BCUT2D eigenvalue weighted by Gasteiger charge is 2.22. The van der Waals surface area contributed by atoms with Gasteiger partial charge < -0.3 is 4.74 Å². The number of sulfonamides is 1. The van der Waals surface area contributed by atoms with Gasteiger partial charge in [-0.2, -0.15) is 0 Å². The molecule has 0 saturated heterocycles. The molecule has 1 heterocycles. The molecule has 9 heteroatoms. The Balaban J connectivity index is 2.36. The second-order valence-electron chi connectivity index (χ2n) is 5.70. The highest BCUT2D eigenvalue weighted by atomic mass is 32.2. The van der Waals surface area contributed by atoms with E-state index in [1.165, 1.54) is 37.5 Å². The van der Waals surface area contributed by atoms with Gasteiger partial charge in [0.2, 0.25) is 16.0 Å². The number of carbonyl (C=O) groups is 1. The van der Waals surface area contributed by atoms with Crippen LogP contribution < -0.4 is 9.04 Å². The summed E-state index contributed by atoms with van der Waals surface area (Å²) in [7, 11) is -2.20. The van der Waals surface area contributed by atoms with Crippen LogP contribution in [0.5, 0.6) is 5.75 Å². The molecule has 25 heavy (non-hydrogen) atoms. The summed E-state index contributed by atoms with van der Waals surface area (Å²) >= 11 is 0. The van der Waals surface area contributed by atoms with Crippen LogP contribution in [0, 0.1) is 5.82 Å². The lowest BCUT2D eigenvalue weighted by Gasteiger charge is -2.17. The van der Waals surface area contributed by atoms with Gasteiger partial charge in [-0.3, -0.25) is 0 Å². The first-order valence-electron chi connectivity index (χ1n) is 7.38. The summed E-state index contributed by atoms with van der Waals surface area (Å²) in [5, 5.41) is 0. The first-order chi connectivity index (χ1) is 11.6. The van der Waals surface area contributed by atoms with Gasteiger partial charge in [0.1, 0.15) is 17.1 Å². The number of carbonyl (C=O) groups excluding carboxylic acids is 1. The summed E-state index contributed by atoms with van der Waals surface area (Å²) in [6, 6.07) is 5.00. The number of rotatable bonds is 5. The van der Waals surface area contributed by atoms with Gasteiger partial charge in [0.15, 0.2) is 0 Å². The SMILES string of the molecule is CC(C)c1nc(N(C)S(C)(=O)=O)ncc1C(=O)Oc1ccc(F)cc1. The Morgan fingerprint density at radius 2 is 1.84 bits per heavy atom. The largest absolute Gasteiger partial charge is 0.423 e. The number of benzene rings is 1. The number of aromatic nitrogens is 2. The van der Waals surface area contributed by atoms with E-state index in [2.05, 4.69) is 9.97 Å². The molecule has 1 aromatic carbocycles. The molecule has 0 aliphatic carbocycles. The van der Waals surface area contributed by atoms with Crippen molar-refractivity contribution in [2.24, 2.45) is 0 Å². The van der Waals surface area contributed by atoms with Crippen molar-refractivity contribution in [1.29, 1.82) is 0 Å². The van der Waals surface area contributed by atoms with Crippen LogP contribution in [-0.4, -0.2) is 37.7 Å². The van der Waals surface area contributed by atoms with Crippen molar-refractivity contribution in [3.63, 3.8) is 0 Å². The van der Waals surface area contributed by atoms with Crippen molar-refractivity contribution in [2.75, 3.05) is 17.6 Å². The van der Waals surface area contributed by atoms with Crippen molar-refractivity contribution in [3.05, 3.63) is 47.5 Å². The first kappa shape index (κ1) is 18.8. The molecule has 0 saturated carbocycles. The zero-order chi connectivity index (χ0) is 18.8. The minimum Gasteiger partial charge on any atom is -0.423 e. The Labute approximate surface area is 145 Å². The predicted molar refractivity (Wildman–Crippen MR) is 90.7 cm³/mol. The molecule has 0 aliphatic heterocycles. The van der Waals surface area contributed by atoms with Gasteiger partial charge in [-0.15, -0.1) is 0 Å². The lowest BCUT2D eigenvalue weighted by molar-refractivity contribution is 0.0732. The summed E-state index contributed by atoms with van der Waals surface area (Å²) in [4.78, 5) is 20.5. The van der Waals surface area contributed by atoms with E-state index < -0.39 is 21.8 Å². The fourth-order valence-corrected chi connectivity index (χ4v) is 2.33. The van der Waals surface area contributed by atoms with Crippen LogP contribution in [0.3, 0.4) is 0 Å². The molecule has 0 aliphatic rings. The molecule has 0 radical (unpaired) electrons. The Kier molecular flexibility index (Phi) is 5.36. The minimum atomic E-state index is -3.53. The molecule has 2 aromatic rings. The topological polar surface area (TPSA) is 89.5 Å². The maximum atomic E-state index is 12.9. The fraction of sp³-hybridized carbons (Fsp3) is 0.312. The van der Waals surface area contributed by atoms with Crippen LogP contribution in [0.15, 0.2) is 30.5 Å². The van der Waals surface area contributed by atoms with Crippen LogP contribution in [0.2, 0.25) is 0 Å². The number of esters is 1. The van der Waals surface area contributed by atoms with E-state index in [4.69, 9.17) is 4.74 Å². The molecule has 0 amide bonds. The van der Waals surface area contributed by atoms with Crippen LogP contribution in [0.1, 0.15) is 35.8 Å². The number of anilines is 1. The summed E-state index contributed by atoms with van der Waals surface area (Å²) in [6.07, 6.45) is 2.26. The van der Waals surface area contributed by atoms with E-state index in [0.717, 1.165) is 10.6 Å². The van der Waals surface area contributed by atoms with Crippen LogP contribution >= 0.6 is 0 Å². The van der Waals surface area contributed by atoms with Gasteiger partial charge in [0.25, 0.3) is 0 Å². The zero-order valence-electron chi connectivity index (χ0n) is 14.2. The normalized spacial score (nSPS) is 11.4. The lowest BCUT2D eigenvalue weighted by atomic mass is 10.1. The first-order valence-corrected chi connectivity index (χ1v) is 9.23. The van der Waals surface area contributed by atoms with Crippen molar-refractivity contribution in [2.45, 2.75) is 19.8 Å². The highest BCUT2D eigenvalue weighted by Crippen LogP contribution is 2.22. The van der Waals surface area contributed by atoms with Crippen molar-refractivity contribution >= 4 is 21.9 Å². The van der Waals surface area contributed by atoms with Crippen LogP contribution in [0.4, 0.5) is 10.3 Å². The van der Waals surface area contributed by atoms with Gasteiger partial charge in [-0.25, -0.2) is 31.9 Å². The van der Waals surface area contributed by atoms with E-state index in [1.54, 1.807) is 13.8 Å². The number of hydrogen-bond acceptors (Lipinski definition) is 6. The number of hydrogen-bond donors (Lipinski definition) is 0. The third-order valence-electron chi connectivity index (χ3n) is 3.38. The third kappa shape index (κ3) is 4.50. The predicted octanol–water partition coefficient (Wildman–Crippen LogP) is 2.35. The Bertz CT molecular complexity index is 883. The van der Waals surface area contributed by atoms with E-state index in [1.807, 2.05) is 0 Å². The standard InChI is InChI=1S/C16H18FN3O4S/c1-10(2)14-13(9-18-16(19-14)20(3)25(4,22)23)15(21)24-12-7-5-11(17)6-8-12/h5-10H,1-4H3.